The number of rotatable bonds is 4. The fourth-order valence-corrected chi connectivity index (χ4v) is 1.01. The van der Waals surface area contributed by atoms with Crippen molar-refractivity contribution in [3.63, 3.8) is 0 Å². The molecule has 1 N–H and O–H groups in total. The summed E-state index contributed by atoms with van der Waals surface area (Å²) in [6.45, 7) is 2.50. The number of carbonyl (C=O) groups excluding carboxylic acids is 1. The van der Waals surface area contributed by atoms with Crippen LogP contribution in [0.1, 0.15) is 18.6 Å². The van der Waals surface area contributed by atoms with Gasteiger partial charge in [-0.3, -0.25) is 0 Å². The van der Waals surface area contributed by atoms with Crippen molar-refractivity contribution in [2.24, 2.45) is 0 Å². The average molecular weight is 180 g/mol. The van der Waals surface area contributed by atoms with E-state index in [2.05, 4.69) is 0 Å². The smallest absolute Gasteiger partial charge is 0.153 e. The van der Waals surface area contributed by atoms with Crippen molar-refractivity contribution in [2.75, 3.05) is 6.61 Å². The van der Waals surface area contributed by atoms with E-state index in [1.54, 1.807) is 24.3 Å². The third kappa shape index (κ3) is 2.56. The van der Waals surface area contributed by atoms with E-state index in [1.807, 2.05) is 6.92 Å². The molecule has 0 bridgehead atoms. The van der Waals surface area contributed by atoms with E-state index in [0.717, 1.165) is 5.75 Å². The first-order valence-electron chi connectivity index (χ1n) is 4.14. The molecule has 1 rings (SSSR count). The highest BCUT2D eigenvalue weighted by Gasteiger charge is 2.04. The molecule has 1 aromatic rings. The van der Waals surface area contributed by atoms with Crippen LogP contribution in [0.4, 0.5) is 0 Å². The topological polar surface area (TPSA) is 46.5 Å². The van der Waals surface area contributed by atoms with E-state index in [4.69, 9.17) is 9.84 Å². The Kier molecular flexibility index (Phi) is 3.46. The van der Waals surface area contributed by atoms with Gasteiger partial charge in [0.1, 0.15) is 11.9 Å². The first-order chi connectivity index (χ1) is 6.27. The predicted octanol–water partition coefficient (Wildman–Crippen LogP) is 1.32. The largest absolute Gasteiger partial charge is 0.494 e. The first kappa shape index (κ1) is 9.74. The van der Waals surface area contributed by atoms with Crippen molar-refractivity contribution in [1.29, 1.82) is 0 Å². The summed E-state index contributed by atoms with van der Waals surface area (Å²) >= 11 is 0. The Balaban J connectivity index is 2.74. The van der Waals surface area contributed by atoms with Crippen LogP contribution in [-0.4, -0.2) is 18.0 Å². The molecule has 0 radical (unpaired) electrons. The second-order valence-electron chi connectivity index (χ2n) is 2.58. The monoisotopic (exact) mass is 180 g/mol. The molecule has 0 saturated heterocycles. The third-order valence-electron chi connectivity index (χ3n) is 1.66. The maximum absolute atomic E-state index is 10.2. The molecule has 70 valence electrons. The molecule has 0 saturated carbocycles. The maximum atomic E-state index is 10.2. The van der Waals surface area contributed by atoms with Crippen molar-refractivity contribution >= 4 is 6.29 Å². The lowest BCUT2D eigenvalue weighted by Gasteiger charge is -2.05. The number of aldehydes is 1. The Morgan fingerprint density at radius 1 is 1.46 bits per heavy atom. The molecule has 0 spiro atoms. The summed E-state index contributed by atoms with van der Waals surface area (Å²) in [6.07, 6.45) is -0.536. The molecular weight excluding hydrogens is 168 g/mol. The Hall–Kier alpha value is -1.35. The number of benzene rings is 1. The van der Waals surface area contributed by atoms with Crippen molar-refractivity contribution in [1.82, 2.24) is 0 Å². The average Bonchev–Trinajstić information content (AvgIpc) is 2.18. The standard InChI is InChI=1S/C10H12O3/c1-2-13-9-5-3-8(4-6-9)10(12)7-11/h3-7,10,12H,2H2,1H3/t10-/m0/s1. The van der Waals surface area contributed by atoms with Gasteiger partial charge in [-0.15, -0.1) is 0 Å². The van der Waals surface area contributed by atoms with E-state index in [0.29, 0.717) is 18.5 Å². The van der Waals surface area contributed by atoms with Gasteiger partial charge in [0.05, 0.1) is 6.61 Å². The molecular formula is C10H12O3. The van der Waals surface area contributed by atoms with Crippen LogP contribution in [-0.2, 0) is 4.79 Å². The molecule has 0 amide bonds. The van der Waals surface area contributed by atoms with Crippen LogP contribution in [0.25, 0.3) is 0 Å². The minimum absolute atomic E-state index is 0.496. The Morgan fingerprint density at radius 2 is 2.08 bits per heavy atom. The molecule has 3 heteroatoms. The van der Waals surface area contributed by atoms with Gasteiger partial charge in [-0.2, -0.15) is 0 Å². The van der Waals surface area contributed by atoms with Gasteiger partial charge >= 0.3 is 0 Å². The van der Waals surface area contributed by atoms with Crippen LogP contribution < -0.4 is 4.74 Å². The SMILES string of the molecule is CCOc1ccc([C@@H](O)C=O)cc1. The van der Waals surface area contributed by atoms with Gasteiger partial charge in [-0.05, 0) is 24.6 Å². The molecule has 1 atom stereocenters. The molecule has 0 aliphatic heterocycles. The molecule has 0 aliphatic carbocycles. The lowest BCUT2D eigenvalue weighted by Crippen LogP contribution is -1.98. The summed E-state index contributed by atoms with van der Waals surface area (Å²) in [5.41, 5.74) is 0.582. The summed E-state index contributed by atoms with van der Waals surface area (Å²) < 4.78 is 5.20. The summed E-state index contributed by atoms with van der Waals surface area (Å²) in [5, 5.41) is 9.14. The number of carbonyl (C=O) groups is 1. The van der Waals surface area contributed by atoms with Crippen LogP contribution in [0.5, 0.6) is 5.75 Å². The fourth-order valence-electron chi connectivity index (χ4n) is 1.01. The Bertz CT molecular complexity index is 266. The Labute approximate surface area is 77.0 Å². The molecule has 0 fully saturated rings. The minimum atomic E-state index is -1.03. The van der Waals surface area contributed by atoms with Crippen LogP contribution >= 0.6 is 0 Å². The van der Waals surface area contributed by atoms with Crippen LogP contribution in [0, 0.1) is 0 Å². The summed E-state index contributed by atoms with van der Waals surface area (Å²) in [7, 11) is 0. The lowest BCUT2D eigenvalue weighted by molar-refractivity contribution is -0.115. The lowest BCUT2D eigenvalue weighted by atomic mass is 10.1. The van der Waals surface area contributed by atoms with E-state index in [9.17, 15) is 4.79 Å². The minimum Gasteiger partial charge on any atom is -0.494 e. The highest BCUT2D eigenvalue weighted by molar-refractivity contribution is 5.59. The predicted molar refractivity (Wildman–Crippen MR) is 48.6 cm³/mol. The number of hydrogen-bond donors (Lipinski definition) is 1. The van der Waals surface area contributed by atoms with Gasteiger partial charge in [-0.25, -0.2) is 0 Å². The molecule has 1 aromatic carbocycles. The molecule has 13 heavy (non-hydrogen) atoms. The van der Waals surface area contributed by atoms with Crippen LogP contribution in [0.2, 0.25) is 0 Å². The van der Waals surface area contributed by atoms with E-state index in [1.165, 1.54) is 0 Å². The highest BCUT2D eigenvalue weighted by Crippen LogP contribution is 2.16. The summed E-state index contributed by atoms with van der Waals surface area (Å²) in [5.74, 6) is 0.740. The molecule has 0 aliphatic rings. The van der Waals surface area contributed by atoms with Crippen molar-refractivity contribution in [2.45, 2.75) is 13.0 Å². The second kappa shape index (κ2) is 4.62. The zero-order chi connectivity index (χ0) is 9.68. The van der Waals surface area contributed by atoms with Crippen molar-refractivity contribution in [3.05, 3.63) is 29.8 Å². The van der Waals surface area contributed by atoms with Crippen molar-refractivity contribution in [3.8, 4) is 5.75 Å². The third-order valence-corrected chi connectivity index (χ3v) is 1.66. The second-order valence-corrected chi connectivity index (χ2v) is 2.58. The molecule has 0 aromatic heterocycles. The first-order valence-corrected chi connectivity index (χ1v) is 4.14. The normalized spacial score (nSPS) is 12.2. The zero-order valence-electron chi connectivity index (χ0n) is 7.43. The number of ether oxygens (including phenoxy) is 1. The zero-order valence-corrected chi connectivity index (χ0v) is 7.43. The number of aliphatic hydroxyl groups excluding tert-OH is 1. The molecule has 3 nitrogen and oxygen atoms in total. The number of hydrogen-bond acceptors (Lipinski definition) is 3. The van der Waals surface area contributed by atoms with Crippen LogP contribution in [0.3, 0.4) is 0 Å². The van der Waals surface area contributed by atoms with Crippen LogP contribution in [0.15, 0.2) is 24.3 Å². The summed E-state index contributed by atoms with van der Waals surface area (Å²) in [6, 6.07) is 6.80. The highest BCUT2D eigenvalue weighted by atomic mass is 16.5. The quantitative estimate of drug-likeness (QED) is 0.711. The van der Waals surface area contributed by atoms with Gasteiger partial charge in [-0.1, -0.05) is 12.1 Å². The van der Waals surface area contributed by atoms with Gasteiger partial charge in [0.15, 0.2) is 6.29 Å². The van der Waals surface area contributed by atoms with Gasteiger partial charge in [0.25, 0.3) is 0 Å². The van der Waals surface area contributed by atoms with Crippen molar-refractivity contribution < 1.29 is 14.6 Å². The van der Waals surface area contributed by atoms with E-state index in [-0.39, 0.29) is 0 Å². The fraction of sp³-hybridized carbons (Fsp3) is 0.300. The molecule has 0 unspecified atom stereocenters. The van der Waals surface area contributed by atoms with E-state index >= 15 is 0 Å². The maximum Gasteiger partial charge on any atom is 0.153 e. The summed E-state index contributed by atoms with van der Waals surface area (Å²) in [4.78, 5) is 10.2. The van der Waals surface area contributed by atoms with E-state index < -0.39 is 6.10 Å². The van der Waals surface area contributed by atoms with Gasteiger partial charge in [0, 0.05) is 0 Å². The Morgan fingerprint density at radius 3 is 2.54 bits per heavy atom. The van der Waals surface area contributed by atoms with Gasteiger partial charge in [0.2, 0.25) is 0 Å². The van der Waals surface area contributed by atoms with Gasteiger partial charge < -0.3 is 14.6 Å². The number of aliphatic hydroxyl groups is 1. The molecule has 0 heterocycles.